The number of urea groups is 1. The van der Waals surface area contributed by atoms with Crippen LogP contribution in [0, 0.1) is 5.82 Å². The van der Waals surface area contributed by atoms with Gasteiger partial charge in [-0.05, 0) is 72.5 Å². The Morgan fingerprint density at radius 1 is 0.907 bits per heavy atom. The maximum absolute atomic E-state index is 13.5. The first kappa shape index (κ1) is 29.5. The van der Waals surface area contributed by atoms with Crippen molar-refractivity contribution in [2.75, 3.05) is 29.6 Å². The molecule has 0 unspecified atom stereocenters. The summed E-state index contributed by atoms with van der Waals surface area (Å²) in [5.41, 5.74) is 6.80. The lowest BCUT2D eigenvalue weighted by Crippen LogP contribution is -2.34. The van der Waals surface area contributed by atoms with Gasteiger partial charge in [0.2, 0.25) is 0 Å². The highest BCUT2D eigenvalue weighted by atomic mass is 32.2. The van der Waals surface area contributed by atoms with Gasteiger partial charge in [0.25, 0.3) is 5.91 Å². The summed E-state index contributed by atoms with van der Waals surface area (Å²) in [5, 5.41) is 6.71. The number of rotatable bonds is 10. The van der Waals surface area contributed by atoms with Crippen LogP contribution < -0.4 is 15.6 Å². The highest BCUT2D eigenvalue weighted by molar-refractivity contribution is 7.99. The second kappa shape index (κ2) is 13.8. The van der Waals surface area contributed by atoms with Crippen molar-refractivity contribution in [3.8, 4) is 0 Å². The maximum atomic E-state index is 13.5. The summed E-state index contributed by atoms with van der Waals surface area (Å²) in [5.74, 6) is -0.404. The summed E-state index contributed by atoms with van der Waals surface area (Å²) in [6, 6.07) is 27.8. The number of amides is 3. The molecule has 3 amide bonds. The molecule has 4 aromatic rings. The predicted molar refractivity (Wildman–Crippen MR) is 166 cm³/mol. The van der Waals surface area contributed by atoms with E-state index in [1.54, 1.807) is 34.9 Å². The molecule has 0 atom stereocenters. The zero-order valence-electron chi connectivity index (χ0n) is 23.4. The van der Waals surface area contributed by atoms with Crippen LogP contribution >= 0.6 is 11.8 Å². The minimum atomic E-state index is -0.695. The van der Waals surface area contributed by atoms with Gasteiger partial charge in [-0.1, -0.05) is 48.5 Å². The fourth-order valence-electron chi connectivity index (χ4n) is 4.64. The Morgan fingerprint density at radius 3 is 2.42 bits per heavy atom. The van der Waals surface area contributed by atoms with E-state index in [4.69, 9.17) is 4.74 Å². The van der Waals surface area contributed by atoms with E-state index >= 15 is 0 Å². The maximum Gasteiger partial charge on any atom is 0.339 e. The Kier molecular flexibility index (Phi) is 9.48. The molecule has 4 aromatic carbocycles. The average Bonchev–Trinajstić information content (AvgIpc) is 3.28. The molecule has 43 heavy (non-hydrogen) atoms. The molecule has 0 aliphatic carbocycles. The van der Waals surface area contributed by atoms with E-state index < -0.39 is 11.8 Å². The van der Waals surface area contributed by atoms with Crippen LogP contribution in [0.1, 0.15) is 27.0 Å². The van der Waals surface area contributed by atoms with E-state index in [2.05, 4.69) is 15.8 Å². The number of nitrogens with zero attached hydrogens (tertiary/aromatic N) is 2. The highest BCUT2D eigenvalue weighted by Gasteiger charge is 2.34. The first-order valence-corrected chi connectivity index (χ1v) is 14.6. The van der Waals surface area contributed by atoms with Gasteiger partial charge in [0.05, 0.1) is 18.4 Å². The van der Waals surface area contributed by atoms with E-state index in [9.17, 15) is 18.8 Å². The van der Waals surface area contributed by atoms with E-state index in [1.807, 2.05) is 60.7 Å². The number of anilines is 2. The molecule has 8 nitrogen and oxygen atoms in total. The number of fused-ring (bicyclic) bond motifs is 1. The Morgan fingerprint density at radius 2 is 1.67 bits per heavy atom. The molecule has 1 aliphatic heterocycles. The van der Waals surface area contributed by atoms with Crippen LogP contribution in [0.3, 0.4) is 0 Å². The number of hydrazone groups is 1. The molecule has 10 heteroatoms. The summed E-state index contributed by atoms with van der Waals surface area (Å²) in [4.78, 5) is 40.3. The monoisotopic (exact) mass is 596 g/mol. The molecule has 0 radical (unpaired) electrons. The number of hydrogen-bond acceptors (Lipinski definition) is 6. The van der Waals surface area contributed by atoms with Crippen LogP contribution in [0.2, 0.25) is 0 Å². The standard InChI is InChI=1S/C33H29FN4O4S/c1-42-32(40)24-12-10-23(11-13-24)17-19-43-27-14-15-29-28(21-27)30(31(39)38(29)18-16-22-6-3-2-4-7-22)36-37-33(41)35-26-9-5-8-25(34)20-26/h2-15,20-21H,16-19H2,1H3,(H2,35,37,41). The number of carbonyl (C=O) groups is 3. The molecule has 0 saturated carbocycles. The third-order valence-electron chi connectivity index (χ3n) is 6.81. The molecule has 218 valence electrons. The summed E-state index contributed by atoms with van der Waals surface area (Å²) < 4.78 is 18.3. The summed E-state index contributed by atoms with van der Waals surface area (Å²) in [6.07, 6.45) is 1.42. The van der Waals surface area contributed by atoms with Crippen LogP contribution in [0.4, 0.5) is 20.6 Å². The van der Waals surface area contributed by atoms with Gasteiger partial charge in [-0.3, -0.25) is 4.79 Å². The first-order chi connectivity index (χ1) is 20.9. The third-order valence-corrected chi connectivity index (χ3v) is 7.81. The predicted octanol–water partition coefficient (Wildman–Crippen LogP) is 6.06. The number of methoxy groups -OCH3 is 1. The molecule has 0 saturated heterocycles. The van der Waals surface area contributed by atoms with E-state index in [0.29, 0.717) is 24.1 Å². The van der Waals surface area contributed by atoms with Crippen molar-refractivity contribution in [1.82, 2.24) is 5.43 Å². The molecular weight excluding hydrogens is 567 g/mol. The molecule has 5 rings (SSSR count). The van der Waals surface area contributed by atoms with Gasteiger partial charge in [0.1, 0.15) is 5.82 Å². The van der Waals surface area contributed by atoms with Crippen molar-refractivity contribution in [1.29, 1.82) is 0 Å². The molecule has 0 aromatic heterocycles. The fraction of sp³-hybridized carbons (Fsp3) is 0.152. The van der Waals surface area contributed by atoms with Gasteiger partial charge in [0, 0.05) is 28.4 Å². The number of halogens is 1. The quantitative estimate of drug-likeness (QED) is 0.132. The Balaban J connectivity index is 1.31. The molecule has 0 fully saturated rings. The summed E-state index contributed by atoms with van der Waals surface area (Å²) in [7, 11) is 1.35. The minimum absolute atomic E-state index is 0.123. The topological polar surface area (TPSA) is 100 Å². The number of nitrogens with one attached hydrogen (secondary N) is 2. The van der Waals surface area contributed by atoms with E-state index in [-0.39, 0.29) is 23.3 Å². The van der Waals surface area contributed by atoms with Gasteiger partial charge < -0.3 is 15.0 Å². The number of thioether (sulfide) groups is 1. The van der Waals surface area contributed by atoms with Crippen molar-refractivity contribution in [2.24, 2.45) is 5.10 Å². The van der Waals surface area contributed by atoms with Crippen LogP contribution in [0.5, 0.6) is 0 Å². The SMILES string of the molecule is COC(=O)c1ccc(CCSc2ccc3c(c2)C(=NNC(=O)Nc2cccc(F)c2)C(=O)N3CCc2ccccc2)cc1. The van der Waals surface area contributed by atoms with Crippen molar-refractivity contribution in [3.05, 3.63) is 125 Å². The zero-order chi connectivity index (χ0) is 30.2. The van der Waals surface area contributed by atoms with Crippen molar-refractivity contribution < 1.29 is 23.5 Å². The number of benzene rings is 4. The second-order valence-corrected chi connectivity index (χ2v) is 10.9. The van der Waals surface area contributed by atoms with Gasteiger partial charge in [0.15, 0.2) is 5.71 Å². The molecule has 1 heterocycles. The summed E-state index contributed by atoms with van der Waals surface area (Å²) >= 11 is 1.63. The van der Waals surface area contributed by atoms with E-state index in [1.165, 1.54) is 25.3 Å². The first-order valence-electron chi connectivity index (χ1n) is 13.6. The van der Waals surface area contributed by atoms with Crippen molar-refractivity contribution >= 4 is 46.8 Å². The zero-order valence-corrected chi connectivity index (χ0v) is 24.2. The van der Waals surface area contributed by atoms with Crippen LogP contribution in [0.15, 0.2) is 107 Å². The van der Waals surface area contributed by atoms with E-state index in [0.717, 1.165) is 33.9 Å². The number of hydrogen-bond donors (Lipinski definition) is 2. The summed E-state index contributed by atoms with van der Waals surface area (Å²) in [6.45, 7) is 0.443. The lowest BCUT2D eigenvalue weighted by molar-refractivity contribution is -0.112. The minimum Gasteiger partial charge on any atom is -0.465 e. The Labute approximate surface area is 252 Å². The second-order valence-electron chi connectivity index (χ2n) is 9.69. The lowest BCUT2D eigenvalue weighted by Gasteiger charge is -2.17. The van der Waals surface area contributed by atoms with Gasteiger partial charge in [-0.25, -0.2) is 19.4 Å². The average molecular weight is 597 g/mol. The molecule has 0 spiro atoms. The largest absolute Gasteiger partial charge is 0.465 e. The molecule has 0 bridgehead atoms. The van der Waals surface area contributed by atoms with Crippen molar-refractivity contribution in [3.63, 3.8) is 0 Å². The smallest absolute Gasteiger partial charge is 0.339 e. The third kappa shape index (κ3) is 7.47. The van der Waals surface area contributed by atoms with Crippen LogP contribution in [-0.2, 0) is 22.4 Å². The van der Waals surface area contributed by atoms with Gasteiger partial charge >= 0.3 is 12.0 Å². The fourth-order valence-corrected chi connectivity index (χ4v) is 5.58. The van der Waals surface area contributed by atoms with Crippen LogP contribution in [0.25, 0.3) is 0 Å². The molecule has 1 aliphatic rings. The molecular formula is C33H29FN4O4S. The number of carbonyl (C=O) groups excluding carboxylic acids is 3. The molecule has 2 N–H and O–H groups in total. The number of esters is 1. The lowest BCUT2D eigenvalue weighted by atomic mass is 10.1. The Hall–Kier alpha value is -4.96. The van der Waals surface area contributed by atoms with Crippen molar-refractivity contribution in [2.45, 2.75) is 17.7 Å². The number of aryl methyl sites for hydroxylation is 1. The van der Waals surface area contributed by atoms with Crippen LogP contribution in [-0.4, -0.2) is 43.0 Å². The number of ether oxygens (including phenoxy) is 1. The normalized spacial score (nSPS) is 13.1. The van der Waals surface area contributed by atoms with Gasteiger partial charge in [-0.15, -0.1) is 11.8 Å². The Bertz CT molecular complexity index is 1660. The highest BCUT2D eigenvalue weighted by Crippen LogP contribution is 2.33. The van der Waals surface area contributed by atoms with Gasteiger partial charge in [-0.2, -0.15) is 5.10 Å².